The van der Waals surface area contributed by atoms with E-state index in [1.165, 1.54) is 0 Å². The summed E-state index contributed by atoms with van der Waals surface area (Å²) in [4.78, 5) is 42.7. The van der Waals surface area contributed by atoms with E-state index in [1.807, 2.05) is 0 Å². The molecule has 1 unspecified atom stereocenters. The van der Waals surface area contributed by atoms with Crippen LogP contribution in [-0.4, -0.2) is 53.1 Å². The fourth-order valence-electron chi connectivity index (χ4n) is 1.49. The Bertz CT molecular complexity index is 420. The summed E-state index contributed by atoms with van der Waals surface area (Å²) in [6.45, 7) is 3.84. The number of nitrogens with zero attached hydrogens (tertiary/aromatic N) is 2. The normalized spacial score (nSPS) is 18.4. The third kappa shape index (κ3) is 5.35. The molecule has 0 bridgehead atoms. The molecule has 8 nitrogen and oxygen atoms in total. The first-order valence-corrected chi connectivity index (χ1v) is 6.28. The number of aliphatic carboxylic acids is 1. The van der Waals surface area contributed by atoms with Gasteiger partial charge in [-0.3, -0.25) is 24.2 Å². The number of hydroxylamine groups is 2. The second-order valence-electron chi connectivity index (χ2n) is 4.36. The number of carboxylic acid groups (broad SMARTS) is 1. The minimum atomic E-state index is -1.07. The number of carbonyl (C=O) groups is 3. The zero-order valence-electron chi connectivity index (χ0n) is 11.5. The molecule has 0 aromatic heterocycles. The minimum Gasteiger partial charge on any atom is -0.481 e. The molecule has 0 aromatic carbocycles. The van der Waals surface area contributed by atoms with Gasteiger partial charge in [-0.2, -0.15) is 5.06 Å². The summed E-state index contributed by atoms with van der Waals surface area (Å²) in [5.74, 6) is -1.60. The SMILES string of the molecule is CC1=NCC(C)ON1C(=O)CCOC(=O)CCC(=O)O. The second-order valence-corrected chi connectivity index (χ2v) is 4.36. The Labute approximate surface area is 116 Å². The van der Waals surface area contributed by atoms with Crippen LogP contribution >= 0.6 is 0 Å². The standard InChI is InChI=1S/C12H18N2O6/c1-8-7-13-9(2)14(20-8)10(15)5-6-19-12(18)4-3-11(16)17/h8H,3-7H2,1-2H3,(H,16,17). The molecular formula is C12H18N2O6. The molecule has 1 aliphatic heterocycles. The molecular weight excluding hydrogens is 268 g/mol. The maximum absolute atomic E-state index is 11.8. The quantitative estimate of drug-likeness (QED) is 0.707. The van der Waals surface area contributed by atoms with Crippen molar-refractivity contribution < 1.29 is 29.1 Å². The summed E-state index contributed by atoms with van der Waals surface area (Å²) < 4.78 is 4.77. The van der Waals surface area contributed by atoms with Crippen LogP contribution in [-0.2, 0) is 24.0 Å². The predicted octanol–water partition coefficient (Wildman–Crippen LogP) is 0.365. The Morgan fingerprint density at radius 2 is 2.10 bits per heavy atom. The highest BCUT2D eigenvalue weighted by atomic mass is 16.7. The number of amides is 1. The number of carbonyl (C=O) groups excluding carboxylic acids is 2. The largest absolute Gasteiger partial charge is 0.481 e. The maximum atomic E-state index is 11.8. The van der Waals surface area contributed by atoms with Crippen LogP contribution in [0, 0.1) is 0 Å². The predicted molar refractivity (Wildman–Crippen MR) is 67.8 cm³/mol. The van der Waals surface area contributed by atoms with Gasteiger partial charge in [-0.1, -0.05) is 0 Å². The van der Waals surface area contributed by atoms with Gasteiger partial charge in [0.1, 0.15) is 18.5 Å². The molecule has 0 saturated carbocycles. The van der Waals surface area contributed by atoms with Crippen molar-refractivity contribution in [3.63, 3.8) is 0 Å². The molecule has 0 fully saturated rings. The smallest absolute Gasteiger partial charge is 0.306 e. The number of ether oxygens (including phenoxy) is 1. The lowest BCUT2D eigenvalue weighted by atomic mass is 10.3. The molecule has 0 aromatic rings. The third-order valence-electron chi connectivity index (χ3n) is 2.50. The number of aliphatic imine (C=N–C) groups is 1. The van der Waals surface area contributed by atoms with Crippen molar-refractivity contribution in [2.24, 2.45) is 4.99 Å². The molecule has 0 saturated heterocycles. The summed E-state index contributed by atoms with van der Waals surface area (Å²) in [5, 5.41) is 9.50. The van der Waals surface area contributed by atoms with E-state index in [-0.39, 0.29) is 37.9 Å². The van der Waals surface area contributed by atoms with E-state index in [4.69, 9.17) is 14.7 Å². The van der Waals surface area contributed by atoms with Gasteiger partial charge >= 0.3 is 11.9 Å². The molecule has 8 heteroatoms. The zero-order chi connectivity index (χ0) is 15.1. The monoisotopic (exact) mass is 286 g/mol. The number of hydrogen-bond acceptors (Lipinski definition) is 6. The molecule has 1 rings (SSSR count). The molecule has 1 heterocycles. The van der Waals surface area contributed by atoms with Crippen molar-refractivity contribution in [3.8, 4) is 0 Å². The van der Waals surface area contributed by atoms with Gasteiger partial charge < -0.3 is 9.84 Å². The van der Waals surface area contributed by atoms with Crippen LogP contribution in [0.4, 0.5) is 0 Å². The van der Waals surface area contributed by atoms with Gasteiger partial charge in [0.2, 0.25) is 0 Å². The topological polar surface area (TPSA) is 105 Å². The number of esters is 1. The number of amidine groups is 1. The van der Waals surface area contributed by atoms with Crippen molar-refractivity contribution in [2.75, 3.05) is 13.2 Å². The van der Waals surface area contributed by atoms with Crippen LogP contribution in [0.1, 0.15) is 33.1 Å². The average molecular weight is 286 g/mol. The van der Waals surface area contributed by atoms with Crippen LogP contribution in [0.5, 0.6) is 0 Å². The number of carboxylic acids is 1. The number of hydrogen-bond donors (Lipinski definition) is 1. The van der Waals surface area contributed by atoms with Gasteiger partial charge in [0, 0.05) is 0 Å². The fourth-order valence-corrected chi connectivity index (χ4v) is 1.49. The molecule has 1 atom stereocenters. The Morgan fingerprint density at radius 3 is 2.75 bits per heavy atom. The van der Waals surface area contributed by atoms with E-state index in [2.05, 4.69) is 4.99 Å². The number of rotatable bonds is 6. The first-order chi connectivity index (χ1) is 9.40. The van der Waals surface area contributed by atoms with Gasteiger partial charge in [0.15, 0.2) is 0 Å². The molecule has 1 aliphatic rings. The highest BCUT2D eigenvalue weighted by molar-refractivity contribution is 5.96. The zero-order valence-corrected chi connectivity index (χ0v) is 11.5. The Kier molecular flexibility index (Phi) is 6.10. The van der Waals surface area contributed by atoms with Crippen molar-refractivity contribution in [1.29, 1.82) is 0 Å². The van der Waals surface area contributed by atoms with E-state index >= 15 is 0 Å². The van der Waals surface area contributed by atoms with Gasteiger partial charge in [-0.05, 0) is 13.8 Å². The van der Waals surface area contributed by atoms with Crippen LogP contribution in [0.2, 0.25) is 0 Å². The van der Waals surface area contributed by atoms with E-state index in [0.29, 0.717) is 12.4 Å². The van der Waals surface area contributed by atoms with Crippen LogP contribution in [0.15, 0.2) is 4.99 Å². The Morgan fingerprint density at radius 1 is 1.40 bits per heavy atom. The minimum absolute atomic E-state index is 0.0433. The highest BCUT2D eigenvalue weighted by Gasteiger charge is 2.24. The first kappa shape index (κ1) is 16.1. The van der Waals surface area contributed by atoms with Crippen LogP contribution in [0.3, 0.4) is 0 Å². The summed E-state index contributed by atoms with van der Waals surface area (Å²) in [6, 6.07) is 0. The lowest BCUT2D eigenvalue weighted by Crippen LogP contribution is -2.42. The highest BCUT2D eigenvalue weighted by Crippen LogP contribution is 2.09. The molecule has 0 spiro atoms. The van der Waals surface area contributed by atoms with Gasteiger partial charge in [-0.25, -0.2) is 0 Å². The van der Waals surface area contributed by atoms with E-state index in [1.54, 1.807) is 13.8 Å². The van der Waals surface area contributed by atoms with Crippen molar-refractivity contribution in [3.05, 3.63) is 0 Å². The van der Waals surface area contributed by atoms with Crippen molar-refractivity contribution >= 4 is 23.7 Å². The molecule has 1 amide bonds. The summed E-state index contributed by atoms with van der Waals surface area (Å²) in [7, 11) is 0. The van der Waals surface area contributed by atoms with E-state index < -0.39 is 11.9 Å². The maximum Gasteiger partial charge on any atom is 0.306 e. The van der Waals surface area contributed by atoms with Gasteiger partial charge in [0.05, 0.1) is 25.8 Å². The Balaban J connectivity index is 2.29. The van der Waals surface area contributed by atoms with Gasteiger partial charge in [0.25, 0.3) is 5.91 Å². The van der Waals surface area contributed by atoms with Crippen molar-refractivity contribution in [2.45, 2.75) is 39.2 Å². The van der Waals surface area contributed by atoms with E-state index in [9.17, 15) is 14.4 Å². The molecule has 0 aliphatic carbocycles. The third-order valence-corrected chi connectivity index (χ3v) is 2.50. The van der Waals surface area contributed by atoms with E-state index in [0.717, 1.165) is 5.06 Å². The summed E-state index contributed by atoms with van der Waals surface area (Å²) in [6.07, 6.45) is -0.717. The second kappa shape index (κ2) is 7.59. The lowest BCUT2D eigenvalue weighted by Gasteiger charge is -2.28. The average Bonchev–Trinajstić information content (AvgIpc) is 2.39. The van der Waals surface area contributed by atoms with Crippen molar-refractivity contribution in [1.82, 2.24) is 5.06 Å². The Hall–Kier alpha value is -1.96. The lowest BCUT2D eigenvalue weighted by molar-refractivity contribution is -0.179. The molecule has 112 valence electrons. The van der Waals surface area contributed by atoms with Crippen LogP contribution in [0.25, 0.3) is 0 Å². The van der Waals surface area contributed by atoms with Crippen LogP contribution < -0.4 is 0 Å². The molecule has 0 radical (unpaired) electrons. The van der Waals surface area contributed by atoms with Gasteiger partial charge in [-0.15, -0.1) is 0 Å². The summed E-state index contributed by atoms with van der Waals surface area (Å²) in [5.41, 5.74) is 0. The fraction of sp³-hybridized carbons (Fsp3) is 0.667. The first-order valence-electron chi connectivity index (χ1n) is 6.28. The molecule has 1 N–H and O–H groups in total. The molecule has 20 heavy (non-hydrogen) atoms. The summed E-state index contributed by atoms with van der Waals surface area (Å²) >= 11 is 0.